The highest BCUT2D eigenvalue weighted by atomic mass is 19.1. The summed E-state index contributed by atoms with van der Waals surface area (Å²) < 4.78 is 26.4. The smallest absolute Gasteiger partial charge is 0.316 e. The summed E-state index contributed by atoms with van der Waals surface area (Å²) in [6.45, 7) is 1.78. The van der Waals surface area contributed by atoms with Gasteiger partial charge in [0.25, 0.3) is 11.8 Å². The molecule has 2 aromatic carbocycles. The van der Waals surface area contributed by atoms with Gasteiger partial charge in [0, 0.05) is 18.7 Å². The van der Waals surface area contributed by atoms with Crippen LogP contribution in [0.4, 0.5) is 14.9 Å². The molecule has 12 heteroatoms. The van der Waals surface area contributed by atoms with Crippen LogP contribution in [0, 0.1) is 5.82 Å². The second-order valence-electron chi connectivity index (χ2n) is 7.66. The molecule has 5 N–H and O–H groups in total. The first-order valence-corrected chi connectivity index (χ1v) is 10.7. The number of nitrogens with one attached hydrogen (secondary N) is 1. The average molecular weight is 482 g/mol. The lowest BCUT2D eigenvalue weighted by molar-refractivity contribution is -0.137. The molecule has 1 aromatic heterocycles. The Morgan fingerprint density at radius 3 is 2.46 bits per heavy atom. The van der Waals surface area contributed by atoms with E-state index in [1.165, 1.54) is 29.1 Å². The number of aromatic nitrogens is 2. The maximum Gasteiger partial charge on any atom is 0.316 e. The molecule has 3 aromatic rings. The van der Waals surface area contributed by atoms with Crippen molar-refractivity contribution in [2.75, 3.05) is 38.2 Å². The number of urea groups is 1. The summed E-state index contributed by atoms with van der Waals surface area (Å²) in [5.41, 5.74) is 12.0. The molecular formula is C23H23FN6O5. The Hall–Kier alpha value is -4.45. The fourth-order valence-corrected chi connectivity index (χ4v) is 3.60. The lowest BCUT2D eigenvalue weighted by atomic mass is 10.0. The first-order chi connectivity index (χ1) is 16.8. The van der Waals surface area contributed by atoms with Crippen LogP contribution in [0.15, 0.2) is 48.7 Å². The van der Waals surface area contributed by atoms with Crippen molar-refractivity contribution in [2.24, 2.45) is 11.5 Å². The van der Waals surface area contributed by atoms with Crippen LogP contribution in [0.25, 0.3) is 16.8 Å². The van der Waals surface area contributed by atoms with Gasteiger partial charge in [0.05, 0.1) is 30.8 Å². The van der Waals surface area contributed by atoms with Gasteiger partial charge in [-0.1, -0.05) is 12.1 Å². The number of benzene rings is 2. The zero-order valence-electron chi connectivity index (χ0n) is 18.6. The second kappa shape index (κ2) is 10.2. The highest BCUT2D eigenvalue weighted by Crippen LogP contribution is 2.32. The standard InChI is InChI=1S/C23H23FN6O5/c24-15-3-6-19(35-13-20(31)29-7-9-34-10-8-29)17(11-15)14-1-4-16(5-2-14)30-12-18(27-23(26)33)21(28-30)22(25)32/h1-6,11-12H,7-10,13H2,(H2,25,32)(H3,26,27,33). The van der Waals surface area contributed by atoms with Crippen LogP contribution in [-0.4, -0.2) is 65.4 Å². The van der Waals surface area contributed by atoms with E-state index in [0.717, 1.165) is 0 Å². The third kappa shape index (κ3) is 5.55. The Labute approximate surface area is 199 Å². The number of carbonyl (C=O) groups excluding carboxylic acids is 3. The summed E-state index contributed by atoms with van der Waals surface area (Å²) in [7, 11) is 0. The maximum absolute atomic E-state index is 14.0. The highest BCUT2D eigenvalue weighted by Gasteiger charge is 2.19. The molecule has 35 heavy (non-hydrogen) atoms. The van der Waals surface area contributed by atoms with Gasteiger partial charge >= 0.3 is 6.03 Å². The molecule has 1 saturated heterocycles. The molecule has 2 heterocycles. The number of hydrogen-bond acceptors (Lipinski definition) is 6. The monoisotopic (exact) mass is 482 g/mol. The molecule has 182 valence electrons. The number of halogens is 1. The average Bonchev–Trinajstić information content (AvgIpc) is 3.27. The van der Waals surface area contributed by atoms with Crippen LogP contribution in [0.3, 0.4) is 0 Å². The Kier molecular flexibility index (Phi) is 6.92. The van der Waals surface area contributed by atoms with E-state index in [4.69, 9.17) is 20.9 Å². The van der Waals surface area contributed by atoms with E-state index in [2.05, 4.69) is 10.4 Å². The number of hydrogen-bond donors (Lipinski definition) is 3. The lowest BCUT2D eigenvalue weighted by Gasteiger charge is -2.26. The molecule has 1 aliphatic heterocycles. The number of carbonyl (C=O) groups is 3. The van der Waals surface area contributed by atoms with Crippen LogP contribution in [0.1, 0.15) is 10.5 Å². The fraction of sp³-hybridized carbons (Fsp3) is 0.217. The first kappa shape index (κ1) is 23.7. The van der Waals surface area contributed by atoms with Crippen LogP contribution in [-0.2, 0) is 9.53 Å². The number of amides is 4. The van der Waals surface area contributed by atoms with Crippen molar-refractivity contribution >= 4 is 23.5 Å². The van der Waals surface area contributed by atoms with Crippen molar-refractivity contribution in [3.8, 4) is 22.6 Å². The molecule has 4 rings (SSSR count). The molecule has 11 nitrogen and oxygen atoms in total. The third-order valence-electron chi connectivity index (χ3n) is 5.30. The van der Waals surface area contributed by atoms with E-state index in [1.807, 2.05) is 0 Å². The number of rotatable bonds is 7. The molecule has 0 saturated carbocycles. The fourth-order valence-electron chi connectivity index (χ4n) is 3.60. The SMILES string of the molecule is NC(=O)Nc1cn(-c2ccc(-c3cc(F)ccc3OCC(=O)N3CCOCC3)cc2)nc1C(N)=O. The molecule has 0 bridgehead atoms. The van der Waals surface area contributed by atoms with E-state index in [1.54, 1.807) is 29.2 Å². The minimum absolute atomic E-state index is 0.0693. The van der Waals surface area contributed by atoms with Crippen molar-refractivity contribution in [1.29, 1.82) is 0 Å². The number of primary amides is 2. The predicted octanol–water partition coefficient (Wildman–Crippen LogP) is 1.51. The normalized spacial score (nSPS) is 13.3. The summed E-state index contributed by atoms with van der Waals surface area (Å²) in [6.07, 6.45) is 1.40. The summed E-state index contributed by atoms with van der Waals surface area (Å²) in [4.78, 5) is 36.9. The minimum Gasteiger partial charge on any atom is -0.483 e. The van der Waals surface area contributed by atoms with Gasteiger partial charge in [0.2, 0.25) is 0 Å². The Bertz CT molecular complexity index is 1250. The van der Waals surface area contributed by atoms with Crippen molar-refractivity contribution in [3.63, 3.8) is 0 Å². The second-order valence-corrected chi connectivity index (χ2v) is 7.66. The minimum atomic E-state index is -0.867. The van der Waals surface area contributed by atoms with Gasteiger partial charge < -0.3 is 31.2 Å². The molecule has 4 amide bonds. The van der Waals surface area contributed by atoms with Gasteiger partial charge in [-0.2, -0.15) is 5.10 Å². The van der Waals surface area contributed by atoms with Crippen LogP contribution in [0.2, 0.25) is 0 Å². The van der Waals surface area contributed by atoms with Gasteiger partial charge in [-0.05, 0) is 35.9 Å². The summed E-state index contributed by atoms with van der Waals surface area (Å²) in [6, 6.07) is 9.93. The van der Waals surface area contributed by atoms with E-state index >= 15 is 0 Å². The van der Waals surface area contributed by atoms with Crippen molar-refractivity contribution in [3.05, 3.63) is 60.2 Å². The topological polar surface area (TPSA) is 155 Å². The lowest BCUT2D eigenvalue weighted by Crippen LogP contribution is -2.43. The van der Waals surface area contributed by atoms with Gasteiger partial charge in [-0.25, -0.2) is 13.9 Å². The van der Waals surface area contributed by atoms with E-state index in [0.29, 0.717) is 48.9 Å². The van der Waals surface area contributed by atoms with Gasteiger partial charge in [-0.3, -0.25) is 9.59 Å². The molecule has 0 radical (unpaired) electrons. The van der Waals surface area contributed by atoms with Crippen molar-refractivity contribution in [2.45, 2.75) is 0 Å². The van der Waals surface area contributed by atoms with Crippen LogP contribution in [0.5, 0.6) is 5.75 Å². The van der Waals surface area contributed by atoms with Gasteiger partial charge in [0.1, 0.15) is 11.6 Å². The molecular weight excluding hydrogens is 459 g/mol. The summed E-state index contributed by atoms with van der Waals surface area (Å²) in [5.74, 6) is -1.12. The number of morpholine rings is 1. The first-order valence-electron chi connectivity index (χ1n) is 10.7. The number of nitrogens with zero attached hydrogens (tertiary/aromatic N) is 3. The molecule has 0 spiro atoms. The molecule has 0 atom stereocenters. The summed E-state index contributed by atoms with van der Waals surface area (Å²) in [5, 5.41) is 6.40. The Morgan fingerprint density at radius 1 is 1.09 bits per heavy atom. The van der Waals surface area contributed by atoms with Crippen LogP contribution >= 0.6 is 0 Å². The van der Waals surface area contributed by atoms with Crippen molar-refractivity contribution in [1.82, 2.24) is 14.7 Å². The Balaban J connectivity index is 1.55. The van der Waals surface area contributed by atoms with Gasteiger partial charge in [0.15, 0.2) is 12.3 Å². The van der Waals surface area contributed by atoms with Crippen molar-refractivity contribution < 1.29 is 28.2 Å². The molecule has 0 unspecified atom stereocenters. The number of anilines is 1. The third-order valence-corrected chi connectivity index (χ3v) is 5.30. The zero-order chi connectivity index (χ0) is 24.9. The largest absolute Gasteiger partial charge is 0.483 e. The predicted molar refractivity (Wildman–Crippen MR) is 124 cm³/mol. The number of nitrogens with two attached hydrogens (primary N) is 2. The number of ether oxygens (including phenoxy) is 2. The Morgan fingerprint density at radius 2 is 1.80 bits per heavy atom. The highest BCUT2D eigenvalue weighted by molar-refractivity contribution is 6.00. The van der Waals surface area contributed by atoms with E-state index < -0.39 is 17.8 Å². The quantitative estimate of drug-likeness (QED) is 0.464. The molecule has 1 fully saturated rings. The molecule has 0 aliphatic carbocycles. The van der Waals surface area contributed by atoms with E-state index in [-0.39, 0.29) is 23.9 Å². The maximum atomic E-state index is 14.0. The van der Waals surface area contributed by atoms with Gasteiger partial charge in [-0.15, -0.1) is 0 Å². The van der Waals surface area contributed by atoms with Crippen LogP contribution < -0.4 is 21.5 Å². The van der Waals surface area contributed by atoms with E-state index in [9.17, 15) is 18.8 Å². The molecule has 1 aliphatic rings. The zero-order valence-corrected chi connectivity index (χ0v) is 18.6. The summed E-state index contributed by atoms with van der Waals surface area (Å²) >= 11 is 0.